The van der Waals surface area contributed by atoms with Crippen LogP contribution in [0, 0.1) is 10.1 Å². The summed E-state index contributed by atoms with van der Waals surface area (Å²) in [6, 6.07) is 6.91. The van der Waals surface area contributed by atoms with Gasteiger partial charge in [-0.3, -0.25) is 19.2 Å². The van der Waals surface area contributed by atoms with Crippen LogP contribution in [-0.4, -0.2) is 64.2 Å². The summed E-state index contributed by atoms with van der Waals surface area (Å²) in [7, 11) is -4.92. The van der Waals surface area contributed by atoms with E-state index in [4.69, 9.17) is 20.3 Å². The number of phosphoric ester groups is 1. The Bertz CT molecular complexity index is 1190. The van der Waals surface area contributed by atoms with Gasteiger partial charge in [0, 0.05) is 11.3 Å². The Morgan fingerprint density at radius 2 is 2.00 bits per heavy atom. The molecule has 0 aliphatic carbocycles. The lowest BCUT2D eigenvalue weighted by Crippen LogP contribution is -2.51. The highest BCUT2D eigenvalue weighted by Crippen LogP contribution is 2.44. The van der Waals surface area contributed by atoms with Crippen molar-refractivity contribution >= 4 is 24.8 Å². The average molecular weight is 466 g/mol. The molecule has 1 saturated heterocycles. The van der Waals surface area contributed by atoms with E-state index in [2.05, 4.69) is 19.5 Å². The van der Waals surface area contributed by atoms with Crippen LogP contribution in [0.5, 0.6) is 0 Å². The smallest absolute Gasteiger partial charge is 0.383 e. The summed E-state index contributed by atoms with van der Waals surface area (Å²) < 4.78 is 22.9. The van der Waals surface area contributed by atoms with Crippen LogP contribution >= 0.6 is 7.82 Å². The largest absolute Gasteiger partial charge is 0.469 e. The van der Waals surface area contributed by atoms with Crippen molar-refractivity contribution in [1.82, 2.24) is 19.5 Å². The molecule has 0 saturated carbocycles. The summed E-state index contributed by atoms with van der Waals surface area (Å²) >= 11 is 0. The van der Waals surface area contributed by atoms with E-state index in [-0.39, 0.29) is 23.4 Å². The van der Waals surface area contributed by atoms with E-state index in [1.54, 1.807) is 30.3 Å². The number of fused-ring (bicyclic) bond motifs is 1. The second kappa shape index (κ2) is 8.16. The molecule has 14 nitrogen and oxygen atoms in total. The van der Waals surface area contributed by atoms with Gasteiger partial charge in [0.25, 0.3) is 6.04 Å². The van der Waals surface area contributed by atoms with Crippen molar-refractivity contribution in [3.63, 3.8) is 0 Å². The molecule has 2 aromatic heterocycles. The van der Waals surface area contributed by atoms with Crippen molar-refractivity contribution in [2.45, 2.75) is 30.4 Å². The Hall–Kier alpha value is -3.00. The van der Waals surface area contributed by atoms with Gasteiger partial charge in [0.15, 0.2) is 17.6 Å². The van der Waals surface area contributed by atoms with Crippen LogP contribution in [0.1, 0.15) is 5.56 Å². The number of aromatic nitrogens is 4. The number of nitrogen functional groups attached to an aromatic ring is 1. The van der Waals surface area contributed by atoms with E-state index in [1.807, 2.05) is 0 Å². The van der Waals surface area contributed by atoms with E-state index in [1.165, 1.54) is 10.9 Å². The van der Waals surface area contributed by atoms with Gasteiger partial charge in [-0.05, 0) is 5.56 Å². The summed E-state index contributed by atoms with van der Waals surface area (Å²) in [6.45, 7) is -0.782. The SMILES string of the molecule is Nc1ncnc2c1ncn2[C@]1(Cc2ccccc2)O[C@H](COP(=O)(O)O)[C@@H](O)[C@H]1[N+](=O)[O-]. The van der Waals surface area contributed by atoms with Gasteiger partial charge in [0.05, 0.1) is 12.9 Å². The zero-order chi connectivity index (χ0) is 23.1. The van der Waals surface area contributed by atoms with Crippen molar-refractivity contribution in [2.75, 3.05) is 12.3 Å². The number of nitro groups is 1. The van der Waals surface area contributed by atoms with E-state index >= 15 is 0 Å². The Morgan fingerprint density at radius 1 is 1.28 bits per heavy atom. The molecule has 4 rings (SSSR count). The number of nitrogens with two attached hydrogens (primary N) is 1. The van der Waals surface area contributed by atoms with Crippen LogP contribution in [0.15, 0.2) is 43.0 Å². The highest BCUT2D eigenvalue weighted by Gasteiger charge is 2.64. The van der Waals surface area contributed by atoms with Crippen molar-refractivity contribution in [3.8, 4) is 0 Å². The first-order chi connectivity index (χ1) is 15.1. The fourth-order valence-electron chi connectivity index (χ4n) is 3.91. The molecule has 1 fully saturated rings. The third-order valence-corrected chi connectivity index (χ3v) is 5.71. The zero-order valence-electron chi connectivity index (χ0n) is 16.3. The minimum atomic E-state index is -4.92. The molecule has 0 amide bonds. The summed E-state index contributed by atoms with van der Waals surface area (Å²) in [5, 5.41) is 22.9. The van der Waals surface area contributed by atoms with E-state index in [0.717, 1.165) is 6.33 Å². The van der Waals surface area contributed by atoms with Gasteiger partial charge < -0.3 is 25.4 Å². The van der Waals surface area contributed by atoms with Gasteiger partial charge in [0.2, 0.25) is 5.72 Å². The van der Waals surface area contributed by atoms with Crippen molar-refractivity contribution in [2.24, 2.45) is 0 Å². The van der Waals surface area contributed by atoms with Crippen LogP contribution < -0.4 is 5.73 Å². The topological polar surface area (TPSA) is 209 Å². The molecule has 3 heterocycles. The average Bonchev–Trinajstić information content (AvgIpc) is 3.27. The van der Waals surface area contributed by atoms with Crippen LogP contribution in [0.4, 0.5) is 5.82 Å². The Balaban J connectivity index is 1.88. The van der Waals surface area contributed by atoms with Gasteiger partial charge >= 0.3 is 7.82 Å². The quantitative estimate of drug-likeness (QED) is 0.203. The minimum Gasteiger partial charge on any atom is -0.383 e. The van der Waals surface area contributed by atoms with Crippen LogP contribution in [0.3, 0.4) is 0 Å². The second-order valence-corrected chi connectivity index (χ2v) is 8.46. The first-order valence-electron chi connectivity index (χ1n) is 9.30. The monoisotopic (exact) mass is 466 g/mol. The number of anilines is 1. The van der Waals surface area contributed by atoms with Gasteiger partial charge in [-0.1, -0.05) is 30.3 Å². The molecular formula is C17H19N6O8P. The highest BCUT2D eigenvalue weighted by molar-refractivity contribution is 7.46. The van der Waals surface area contributed by atoms with Crippen molar-refractivity contribution in [1.29, 1.82) is 0 Å². The molecule has 32 heavy (non-hydrogen) atoms. The number of hydrogen-bond acceptors (Lipinski definition) is 10. The number of ether oxygens (including phenoxy) is 1. The number of phosphoric acid groups is 1. The number of benzene rings is 1. The predicted molar refractivity (Wildman–Crippen MR) is 108 cm³/mol. The normalized spacial score (nSPS) is 25.9. The molecule has 0 spiro atoms. The molecule has 1 aliphatic heterocycles. The zero-order valence-corrected chi connectivity index (χ0v) is 17.2. The van der Waals surface area contributed by atoms with Gasteiger partial charge in [0.1, 0.15) is 17.9 Å². The maximum Gasteiger partial charge on any atom is 0.469 e. The summed E-state index contributed by atoms with van der Waals surface area (Å²) in [5.74, 6) is 0.0428. The number of hydrogen-bond donors (Lipinski definition) is 4. The highest BCUT2D eigenvalue weighted by atomic mass is 31.2. The number of nitrogens with zero attached hydrogens (tertiary/aromatic N) is 5. The fraction of sp³-hybridized carbons (Fsp3) is 0.353. The summed E-state index contributed by atoms with van der Waals surface area (Å²) in [5.41, 5.74) is 4.91. The molecule has 0 bridgehead atoms. The lowest BCUT2D eigenvalue weighted by molar-refractivity contribution is -0.553. The summed E-state index contributed by atoms with van der Waals surface area (Å²) in [4.78, 5) is 41.6. The van der Waals surface area contributed by atoms with E-state index < -0.39 is 43.3 Å². The second-order valence-electron chi connectivity index (χ2n) is 7.22. The van der Waals surface area contributed by atoms with Crippen LogP contribution in [0.25, 0.3) is 11.2 Å². The van der Waals surface area contributed by atoms with E-state index in [0.29, 0.717) is 5.56 Å². The lowest BCUT2D eigenvalue weighted by Gasteiger charge is -2.31. The standard InChI is InChI=1S/C17H19N6O8P/c18-15-12-16(20-8-19-15)22(9-21-12)17(6-10-4-2-1-3-5-10)14(23(25)26)13(24)11(31-17)7-30-32(27,28)29/h1-5,8-9,11,13-14,24H,6-7H2,(H2,18,19,20)(H2,27,28,29)/t11-,13-,14-,17-/m1/s1. The molecule has 3 aromatic rings. The van der Waals surface area contributed by atoms with Crippen molar-refractivity contribution < 1.29 is 33.6 Å². The maximum absolute atomic E-state index is 12.1. The first-order valence-corrected chi connectivity index (χ1v) is 10.8. The third-order valence-electron chi connectivity index (χ3n) is 5.23. The van der Waals surface area contributed by atoms with Gasteiger partial charge in [-0.25, -0.2) is 19.5 Å². The van der Waals surface area contributed by atoms with Gasteiger partial charge in [-0.2, -0.15) is 0 Å². The van der Waals surface area contributed by atoms with Crippen molar-refractivity contribution in [3.05, 3.63) is 58.7 Å². The Kier molecular flexibility index (Phi) is 5.67. The van der Waals surface area contributed by atoms with Crippen LogP contribution in [0.2, 0.25) is 0 Å². The number of rotatable bonds is 7. The Morgan fingerprint density at radius 3 is 2.66 bits per heavy atom. The van der Waals surface area contributed by atoms with Crippen LogP contribution in [-0.2, 0) is 26.0 Å². The number of imidazole rings is 1. The van der Waals surface area contributed by atoms with Gasteiger partial charge in [-0.15, -0.1) is 0 Å². The fourth-order valence-corrected chi connectivity index (χ4v) is 4.25. The maximum atomic E-state index is 12.1. The predicted octanol–water partition coefficient (Wildman–Crippen LogP) is -0.182. The minimum absolute atomic E-state index is 0.0428. The number of aliphatic hydroxyl groups is 1. The lowest BCUT2D eigenvalue weighted by atomic mass is 9.93. The van der Waals surface area contributed by atoms with E-state index in [9.17, 15) is 19.8 Å². The first kappa shape index (κ1) is 22.2. The molecule has 1 aromatic carbocycles. The number of aliphatic hydroxyl groups excluding tert-OH is 1. The Labute approximate surface area is 180 Å². The summed E-state index contributed by atoms with van der Waals surface area (Å²) in [6.07, 6.45) is -0.894. The molecule has 4 atom stereocenters. The molecule has 170 valence electrons. The third kappa shape index (κ3) is 3.95. The molecular weight excluding hydrogens is 447 g/mol. The molecule has 0 unspecified atom stereocenters. The molecule has 15 heteroatoms. The molecule has 5 N–H and O–H groups in total. The molecule has 1 aliphatic rings. The molecule has 0 radical (unpaired) electrons.